The number of benzene rings is 2. The van der Waals surface area contributed by atoms with Gasteiger partial charge in [0.1, 0.15) is 5.75 Å². The third-order valence-electron chi connectivity index (χ3n) is 3.40. The van der Waals surface area contributed by atoms with Crippen LogP contribution < -0.4 is 10.1 Å². The summed E-state index contributed by atoms with van der Waals surface area (Å²) in [5.41, 5.74) is 1.48. The number of hydrogen-bond donors (Lipinski definition) is 1. The van der Waals surface area contributed by atoms with Gasteiger partial charge in [-0.3, -0.25) is 4.79 Å². The normalized spacial score (nSPS) is 11.5. The van der Waals surface area contributed by atoms with Crippen LogP contribution in [0.3, 0.4) is 0 Å². The van der Waals surface area contributed by atoms with Crippen molar-refractivity contribution in [3.05, 3.63) is 58.6 Å². The molecule has 1 atom stereocenters. The summed E-state index contributed by atoms with van der Waals surface area (Å²) in [6, 6.07) is 11.8. The first-order valence-corrected chi connectivity index (χ1v) is 7.71. The molecule has 1 N–H and O–H groups in total. The van der Waals surface area contributed by atoms with Gasteiger partial charge in [-0.25, -0.2) is 4.79 Å². The zero-order valence-corrected chi connectivity index (χ0v) is 14.4. The van der Waals surface area contributed by atoms with Crippen LogP contribution in [-0.2, 0) is 9.53 Å². The Kier molecular flexibility index (Phi) is 5.82. The van der Waals surface area contributed by atoms with E-state index in [4.69, 9.17) is 21.1 Å². The maximum absolute atomic E-state index is 12.3. The predicted molar refractivity (Wildman–Crippen MR) is 92.7 cm³/mol. The second-order valence-electron chi connectivity index (χ2n) is 5.20. The summed E-state index contributed by atoms with van der Waals surface area (Å²) < 4.78 is 10.4. The van der Waals surface area contributed by atoms with Crippen molar-refractivity contribution in [2.75, 3.05) is 12.4 Å². The molecule has 0 bridgehead atoms. The minimum atomic E-state index is -0.754. The molecule has 0 aromatic heterocycles. The van der Waals surface area contributed by atoms with E-state index in [0.29, 0.717) is 16.5 Å². The van der Waals surface area contributed by atoms with Gasteiger partial charge in [-0.05, 0) is 49.7 Å². The van der Waals surface area contributed by atoms with Gasteiger partial charge < -0.3 is 14.8 Å². The number of anilines is 1. The van der Waals surface area contributed by atoms with Crippen molar-refractivity contribution in [3.63, 3.8) is 0 Å². The Labute approximate surface area is 145 Å². The lowest BCUT2D eigenvalue weighted by molar-refractivity contribution is -0.122. The second-order valence-corrected chi connectivity index (χ2v) is 5.63. The van der Waals surface area contributed by atoms with Gasteiger partial charge in [0.05, 0.1) is 18.4 Å². The lowest BCUT2D eigenvalue weighted by Gasteiger charge is -2.17. The average Bonchev–Trinajstić information content (AvgIpc) is 2.57. The Bertz CT molecular complexity index is 760. The Morgan fingerprint density at radius 1 is 1.17 bits per heavy atom. The predicted octanol–water partition coefficient (Wildman–Crippen LogP) is 3.84. The molecule has 2 aromatic rings. The van der Waals surface area contributed by atoms with Gasteiger partial charge in [-0.1, -0.05) is 23.7 Å². The van der Waals surface area contributed by atoms with E-state index in [0.717, 1.165) is 5.56 Å². The van der Waals surface area contributed by atoms with E-state index in [-0.39, 0.29) is 11.5 Å². The number of aryl methyl sites for hydroxylation is 1. The molecule has 5 nitrogen and oxygen atoms in total. The number of carbonyl (C=O) groups excluding carboxylic acids is 2. The summed E-state index contributed by atoms with van der Waals surface area (Å²) in [6.07, 6.45) is -0.754. The van der Waals surface area contributed by atoms with Crippen LogP contribution in [0, 0.1) is 6.92 Å². The number of carbonyl (C=O) groups is 2. The highest BCUT2D eigenvalue weighted by atomic mass is 35.5. The van der Waals surface area contributed by atoms with Gasteiger partial charge in [-0.2, -0.15) is 0 Å². The molecule has 126 valence electrons. The van der Waals surface area contributed by atoms with Crippen molar-refractivity contribution < 1.29 is 19.1 Å². The Morgan fingerprint density at radius 3 is 2.54 bits per heavy atom. The quantitative estimate of drug-likeness (QED) is 0.834. The summed E-state index contributed by atoms with van der Waals surface area (Å²) in [7, 11) is 1.29. The number of halogens is 1. The SMILES string of the molecule is COC(=O)c1ccccc1NC(=O)C(C)Oc1ccc(Cl)cc1C. The number of amides is 1. The molecule has 2 aromatic carbocycles. The highest BCUT2D eigenvalue weighted by Crippen LogP contribution is 2.23. The summed E-state index contributed by atoms with van der Waals surface area (Å²) >= 11 is 5.91. The summed E-state index contributed by atoms with van der Waals surface area (Å²) in [5.74, 6) is -0.322. The van der Waals surface area contributed by atoms with Gasteiger partial charge in [0.25, 0.3) is 5.91 Å². The minimum absolute atomic E-state index is 0.281. The maximum atomic E-state index is 12.3. The van der Waals surface area contributed by atoms with Gasteiger partial charge in [0.2, 0.25) is 0 Å². The number of rotatable bonds is 5. The molecule has 1 unspecified atom stereocenters. The van der Waals surface area contributed by atoms with Crippen molar-refractivity contribution >= 4 is 29.2 Å². The van der Waals surface area contributed by atoms with Crippen LogP contribution in [0.2, 0.25) is 5.02 Å². The summed E-state index contributed by atoms with van der Waals surface area (Å²) in [5, 5.41) is 3.29. The highest BCUT2D eigenvalue weighted by molar-refractivity contribution is 6.30. The molecule has 0 radical (unpaired) electrons. The third-order valence-corrected chi connectivity index (χ3v) is 3.64. The number of ether oxygens (including phenoxy) is 2. The van der Waals surface area contributed by atoms with Crippen molar-refractivity contribution in [1.29, 1.82) is 0 Å². The Hall–Kier alpha value is -2.53. The first-order chi connectivity index (χ1) is 11.4. The van der Waals surface area contributed by atoms with Gasteiger partial charge in [-0.15, -0.1) is 0 Å². The molecule has 0 aliphatic carbocycles. The fourth-order valence-electron chi connectivity index (χ4n) is 2.10. The van der Waals surface area contributed by atoms with E-state index in [2.05, 4.69) is 5.32 Å². The summed E-state index contributed by atoms with van der Waals surface area (Å²) in [6.45, 7) is 3.47. The van der Waals surface area contributed by atoms with Crippen molar-refractivity contribution in [2.24, 2.45) is 0 Å². The maximum Gasteiger partial charge on any atom is 0.339 e. The molecule has 24 heavy (non-hydrogen) atoms. The van der Waals surface area contributed by atoms with Gasteiger partial charge in [0.15, 0.2) is 6.10 Å². The van der Waals surface area contributed by atoms with E-state index in [9.17, 15) is 9.59 Å². The fourth-order valence-corrected chi connectivity index (χ4v) is 2.33. The number of methoxy groups -OCH3 is 1. The molecule has 0 fully saturated rings. The molecule has 0 heterocycles. The lowest BCUT2D eigenvalue weighted by atomic mass is 10.1. The molecule has 0 aliphatic heterocycles. The van der Waals surface area contributed by atoms with E-state index in [1.165, 1.54) is 7.11 Å². The van der Waals surface area contributed by atoms with Crippen LogP contribution in [0.1, 0.15) is 22.8 Å². The number of esters is 1. The zero-order valence-electron chi connectivity index (χ0n) is 13.6. The lowest BCUT2D eigenvalue weighted by Crippen LogP contribution is -2.31. The van der Waals surface area contributed by atoms with Crippen LogP contribution >= 0.6 is 11.6 Å². The van der Waals surface area contributed by atoms with E-state index < -0.39 is 12.1 Å². The first kappa shape index (κ1) is 17.8. The van der Waals surface area contributed by atoms with Crippen molar-refractivity contribution in [3.8, 4) is 5.75 Å². The standard InChI is InChI=1S/C18H18ClNO4/c1-11-10-13(19)8-9-16(11)24-12(2)17(21)20-15-7-5-4-6-14(15)18(22)23-3/h4-10,12H,1-3H3,(H,20,21). The molecule has 6 heteroatoms. The number of hydrogen-bond acceptors (Lipinski definition) is 4. The Morgan fingerprint density at radius 2 is 1.88 bits per heavy atom. The van der Waals surface area contributed by atoms with E-state index in [1.54, 1.807) is 49.4 Å². The number of nitrogens with one attached hydrogen (secondary N) is 1. The van der Waals surface area contributed by atoms with Crippen LogP contribution in [0.15, 0.2) is 42.5 Å². The van der Waals surface area contributed by atoms with Crippen molar-refractivity contribution in [2.45, 2.75) is 20.0 Å². The van der Waals surface area contributed by atoms with Crippen LogP contribution in [0.5, 0.6) is 5.75 Å². The van der Waals surface area contributed by atoms with Crippen LogP contribution in [-0.4, -0.2) is 25.1 Å². The average molecular weight is 348 g/mol. The van der Waals surface area contributed by atoms with E-state index in [1.807, 2.05) is 6.92 Å². The minimum Gasteiger partial charge on any atom is -0.481 e. The fraction of sp³-hybridized carbons (Fsp3) is 0.222. The topological polar surface area (TPSA) is 64.6 Å². The van der Waals surface area contributed by atoms with Crippen molar-refractivity contribution in [1.82, 2.24) is 0 Å². The first-order valence-electron chi connectivity index (χ1n) is 7.33. The van der Waals surface area contributed by atoms with Crippen LogP contribution in [0.4, 0.5) is 5.69 Å². The molecule has 1 amide bonds. The molecule has 0 aliphatic rings. The Balaban J connectivity index is 2.11. The third kappa shape index (κ3) is 4.26. The van der Waals surface area contributed by atoms with Crippen LogP contribution in [0.25, 0.3) is 0 Å². The van der Waals surface area contributed by atoms with Gasteiger partial charge in [0, 0.05) is 5.02 Å². The molecule has 0 saturated carbocycles. The monoisotopic (exact) mass is 347 g/mol. The summed E-state index contributed by atoms with van der Waals surface area (Å²) in [4.78, 5) is 24.1. The molecule has 0 saturated heterocycles. The highest BCUT2D eigenvalue weighted by Gasteiger charge is 2.19. The number of para-hydroxylation sites is 1. The molecule has 2 rings (SSSR count). The van der Waals surface area contributed by atoms with E-state index >= 15 is 0 Å². The smallest absolute Gasteiger partial charge is 0.339 e. The molecular weight excluding hydrogens is 330 g/mol. The largest absolute Gasteiger partial charge is 0.481 e. The second kappa shape index (κ2) is 7.84. The molecular formula is C18H18ClNO4. The molecule has 0 spiro atoms. The van der Waals surface area contributed by atoms with Gasteiger partial charge >= 0.3 is 5.97 Å². The zero-order chi connectivity index (χ0) is 17.7.